The van der Waals surface area contributed by atoms with Gasteiger partial charge in [-0.05, 0) is 42.3 Å². The largest absolute Gasteiger partial charge is 0.377 e. The number of thiophene rings is 1. The Balaban J connectivity index is 1.93. The lowest BCUT2D eigenvalue weighted by atomic mass is 10.1. The summed E-state index contributed by atoms with van der Waals surface area (Å²) < 4.78 is 5.66. The summed E-state index contributed by atoms with van der Waals surface area (Å²) in [6.07, 6.45) is 2.79. The molecule has 1 saturated heterocycles. The molecule has 2 N–H and O–H groups in total. The third kappa shape index (κ3) is 2.83. The van der Waals surface area contributed by atoms with Gasteiger partial charge in [0.15, 0.2) is 0 Å². The van der Waals surface area contributed by atoms with Crippen molar-refractivity contribution in [2.24, 2.45) is 5.73 Å². The number of nitrogens with two attached hydrogens (primary N) is 1. The van der Waals surface area contributed by atoms with E-state index in [0.29, 0.717) is 18.7 Å². The Morgan fingerprint density at radius 3 is 3.12 bits per heavy atom. The molecule has 2 rings (SSSR count). The van der Waals surface area contributed by atoms with Crippen molar-refractivity contribution < 1.29 is 4.74 Å². The Kier molecular flexibility index (Phi) is 4.35. The standard InChI is InChI=1S/C12H20N2OS/c1-14(8-11-3-2-5-15-11)12(7-13)10-4-6-16-9-10/h4,6,9,11-12H,2-3,5,7-8,13H2,1H3. The van der Waals surface area contributed by atoms with E-state index in [1.54, 1.807) is 11.3 Å². The quantitative estimate of drug-likeness (QED) is 0.854. The summed E-state index contributed by atoms with van der Waals surface area (Å²) in [4.78, 5) is 2.32. The summed E-state index contributed by atoms with van der Waals surface area (Å²) >= 11 is 1.73. The minimum Gasteiger partial charge on any atom is -0.377 e. The summed E-state index contributed by atoms with van der Waals surface area (Å²) in [7, 11) is 2.14. The monoisotopic (exact) mass is 240 g/mol. The molecular formula is C12H20N2OS. The highest BCUT2D eigenvalue weighted by Gasteiger charge is 2.22. The van der Waals surface area contributed by atoms with Gasteiger partial charge >= 0.3 is 0 Å². The second-order valence-corrected chi connectivity index (χ2v) is 5.16. The topological polar surface area (TPSA) is 38.5 Å². The molecule has 0 amide bonds. The molecule has 16 heavy (non-hydrogen) atoms. The highest BCUT2D eigenvalue weighted by atomic mass is 32.1. The molecule has 0 bridgehead atoms. The van der Waals surface area contributed by atoms with E-state index in [2.05, 4.69) is 28.8 Å². The number of hydrogen-bond acceptors (Lipinski definition) is 4. The minimum atomic E-state index is 0.329. The Morgan fingerprint density at radius 2 is 2.56 bits per heavy atom. The Labute approximate surface area is 101 Å². The van der Waals surface area contributed by atoms with Gasteiger partial charge < -0.3 is 10.5 Å². The molecule has 0 aromatic carbocycles. The van der Waals surface area contributed by atoms with Crippen molar-refractivity contribution in [3.63, 3.8) is 0 Å². The third-order valence-corrected chi connectivity index (χ3v) is 3.90. The molecule has 1 aliphatic heterocycles. The van der Waals surface area contributed by atoms with Crippen molar-refractivity contribution >= 4 is 11.3 Å². The molecule has 0 aliphatic carbocycles. The number of hydrogen-bond donors (Lipinski definition) is 1. The fraction of sp³-hybridized carbons (Fsp3) is 0.667. The molecule has 90 valence electrons. The Hall–Kier alpha value is -0.420. The van der Waals surface area contributed by atoms with Gasteiger partial charge in [-0.3, -0.25) is 4.90 Å². The van der Waals surface area contributed by atoms with Gasteiger partial charge in [0.2, 0.25) is 0 Å². The van der Waals surface area contributed by atoms with Crippen LogP contribution in [0.2, 0.25) is 0 Å². The van der Waals surface area contributed by atoms with Crippen LogP contribution in [0.1, 0.15) is 24.4 Å². The van der Waals surface area contributed by atoms with Gasteiger partial charge in [0, 0.05) is 25.7 Å². The number of nitrogens with zero attached hydrogens (tertiary/aromatic N) is 1. The normalized spacial score (nSPS) is 22.8. The highest BCUT2D eigenvalue weighted by Crippen LogP contribution is 2.23. The molecule has 2 unspecified atom stereocenters. The van der Waals surface area contributed by atoms with Crippen molar-refractivity contribution in [3.8, 4) is 0 Å². The number of rotatable bonds is 5. The summed E-state index contributed by atoms with van der Waals surface area (Å²) in [5.74, 6) is 0. The van der Waals surface area contributed by atoms with Gasteiger partial charge in [0.05, 0.1) is 6.10 Å². The maximum atomic E-state index is 5.86. The van der Waals surface area contributed by atoms with E-state index in [9.17, 15) is 0 Å². The summed E-state index contributed by atoms with van der Waals surface area (Å²) in [5.41, 5.74) is 7.19. The summed E-state index contributed by atoms with van der Waals surface area (Å²) in [6, 6.07) is 2.49. The molecule has 3 nitrogen and oxygen atoms in total. The SMILES string of the molecule is CN(CC1CCCO1)C(CN)c1ccsc1. The molecule has 2 heterocycles. The van der Waals surface area contributed by atoms with Gasteiger partial charge in [-0.2, -0.15) is 11.3 Å². The van der Waals surface area contributed by atoms with Gasteiger partial charge in [0.25, 0.3) is 0 Å². The lowest BCUT2D eigenvalue weighted by Crippen LogP contribution is -2.35. The molecule has 1 aromatic rings. The van der Waals surface area contributed by atoms with Crippen LogP contribution < -0.4 is 5.73 Å². The lowest BCUT2D eigenvalue weighted by molar-refractivity contribution is 0.0690. The Bertz CT molecular complexity index is 296. The molecule has 0 spiro atoms. The van der Waals surface area contributed by atoms with Crippen LogP contribution in [0.5, 0.6) is 0 Å². The van der Waals surface area contributed by atoms with E-state index in [1.165, 1.54) is 18.4 Å². The molecule has 1 aliphatic rings. The molecule has 2 atom stereocenters. The van der Waals surface area contributed by atoms with Crippen molar-refractivity contribution in [3.05, 3.63) is 22.4 Å². The first kappa shape index (κ1) is 12.0. The Morgan fingerprint density at radius 1 is 1.69 bits per heavy atom. The predicted octanol–water partition coefficient (Wildman–Crippen LogP) is 1.86. The van der Waals surface area contributed by atoms with Crippen LogP contribution >= 0.6 is 11.3 Å². The molecule has 1 aromatic heterocycles. The minimum absolute atomic E-state index is 0.329. The smallest absolute Gasteiger partial charge is 0.0702 e. The zero-order valence-electron chi connectivity index (χ0n) is 9.76. The van der Waals surface area contributed by atoms with E-state index >= 15 is 0 Å². The van der Waals surface area contributed by atoms with Crippen molar-refractivity contribution in [1.82, 2.24) is 4.90 Å². The molecule has 0 radical (unpaired) electrons. The first-order chi connectivity index (χ1) is 7.81. The number of ether oxygens (including phenoxy) is 1. The van der Waals surface area contributed by atoms with Gasteiger partial charge in [0.1, 0.15) is 0 Å². The first-order valence-electron chi connectivity index (χ1n) is 5.85. The zero-order valence-corrected chi connectivity index (χ0v) is 10.6. The molecule has 0 saturated carbocycles. The summed E-state index contributed by atoms with van der Waals surface area (Å²) in [6.45, 7) is 2.57. The van der Waals surface area contributed by atoms with E-state index < -0.39 is 0 Å². The fourth-order valence-corrected chi connectivity index (χ4v) is 2.98. The van der Waals surface area contributed by atoms with E-state index in [-0.39, 0.29) is 0 Å². The molecule has 1 fully saturated rings. The van der Waals surface area contributed by atoms with Crippen molar-refractivity contribution in [2.45, 2.75) is 25.0 Å². The van der Waals surface area contributed by atoms with Crippen molar-refractivity contribution in [1.29, 1.82) is 0 Å². The lowest BCUT2D eigenvalue weighted by Gasteiger charge is -2.28. The van der Waals surface area contributed by atoms with E-state index in [0.717, 1.165) is 13.2 Å². The van der Waals surface area contributed by atoms with Crippen LogP contribution in [-0.4, -0.2) is 37.7 Å². The molecular weight excluding hydrogens is 220 g/mol. The average molecular weight is 240 g/mol. The predicted molar refractivity (Wildman–Crippen MR) is 67.7 cm³/mol. The zero-order chi connectivity index (χ0) is 11.4. The second-order valence-electron chi connectivity index (χ2n) is 4.38. The average Bonchev–Trinajstić information content (AvgIpc) is 2.91. The first-order valence-corrected chi connectivity index (χ1v) is 6.79. The molecule has 4 heteroatoms. The third-order valence-electron chi connectivity index (χ3n) is 3.20. The van der Waals surface area contributed by atoms with Gasteiger partial charge in [-0.25, -0.2) is 0 Å². The van der Waals surface area contributed by atoms with Crippen LogP contribution in [0.4, 0.5) is 0 Å². The van der Waals surface area contributed by atoms with Crippen molar-refractivity contribution in [2.75, 3.05) is 26.7 Å². The number of likely N-dealkylation sites (N-methyl/N-ethyl adjacent to an activating group) is 1. The second kappa shape index (κ2) is 5.77. The van der Waals surface area contributed by atoms with Crippen LogP contribution in [-0.2, 0) is 4.74 Å². The van der Waals surface area contributed by atoms with Gasteiger partial charge in [-0.1, -0.05) is 0 Å². The van der Waals surface area contributed by atoms with Crippen LogP contribution in [0, 0.1) is 0 Å². The fourth-order valence-electron chi connectivity index (χ4n) is 2.27. The summed E-state index contributed by atoms with van der Waals surface area (Å²) in [5, 5.41) is 4.29. The maximum absolute atomic E-state index is 5.86. The van der Waals surface area contributed by atoms with Crippen LogP contribution in [0.15, 0.2) is 16.8 Å². The van der Waals surface area contributed by atoms with E-state index in [4.69, 9.17) is 10.5 Å². The van der Waals surface area contributed by atoms with E-state index in [1.807, 2.05) is 0 Å². The van der Waals surface area contributed by atoms with Gasteiger partial charge in [-0.15, -0.1) is 0 Å². The van der Waals surface area contributed by atoms with Crippen LogP contribution in [0.25, 0.3) is 0 Å². The van der Waals surface area contributed by atoms with Crippen LogP contribution in [0.3, 0.4) is 0 Å². The highest BCUT2D eigenvalue weighted by molar-refractivity contribution is 7.07. The maximum Gasteiger partial charge on any atom is 0.0702 e.